The second-order valence-corrected chi connectivity index (χ2v) is 18.8. The first-order valence-electron chi connectivity index (χ1n) is 13.8. The number of aromatic nitrogens is 2. The van der Waals surface area contributed by atoms with Crippen molar-refractivity contribution in [2.45, 2.75) is 84.0 Å². The molecular formula is C30H42BrN3O6Si. The van der Waals surface area contributed by atoms with Crippen LogP contribution in [0.15, 0.2) is 28.7 Å². The summed E-state index contributed by atoms with van der Waals surface area (Å²) in [5, 5.41) is 0. The van der Waals surface area contributed by atoms with Crippen LogP contribution in [0.3, 0.4) is 0 Å². The topological polar surface area (TPSA) is 92.1 Å². The summed E-state index contributed by atoms with van der Waals surface area (Å²) in [6.45, 7) is 13.8. The number of ether oxygens (including phenoxy) is 4. The maximum atomic E-state index is 13.4. The summed E-state index contributed by atoms with van der Waals surface area (Å²) < 4.78 is 26.5. The van der Waals surface area contributed by atoms with Crippen LogP contribution in [0, 0.1) is 12.3 Å². The molecule has 0 bridgehead atoms. The van der Waals surface area contributed by atoms with E-state index in [0.717, 1.165) is 27.5 Å². The maximum absolute atomic E-state index is 13.4. The lowest BCUT2D eigenvalue weighted by atomic mass is 10.1. The zero-order valence-electron chi connectivity index (χ0n) is 24.9. The van der Waals surface area contributed by atoms with E-state index in [1.165, 1.54) is 0 Å². The lowest BCUT2D eigenvalue weighted by molar-refractivity contribution is -0.113. The van der Waals surface area contributed by atoms with Crippen molar-refractivity contribution in [3.8, 4) is 23.6 Å². The predicted molar refractivity (Wildman–Crippen MR) is 164 cm³/mol. The smallest absolute Gasteiger partial charge is 0.411 e. The summed E-state index contributed by atoms with van der Waals surface area (Å²) in [5.41, 5.74) is 1.73. The van der Waals surface area contributed by atoms with Crippen LogP contribution >= 0.6 is 15.9 Å². The summed E-state index contributed by atoms with van der Waals surface area (Å²) in [7, 11) is -1.31. The number of hydrogen-bond donors (Lipinski definition) is 0. The fourth-order valence-electron chi connectivity index (χ4n) is 4.49. The molecule has 1 amide bonds. The van der Waals surface area contributed by atoms with E-state index in [4.69, 9.17) is 30.4 Å². The molecule has 2 unspecified atom stereocenters. The average Bonchev–Trinajstić information content (AvgIpc) is 3.46. The van der Waals surface area contributed by atoms with Gasteiger partial charge in [-0.3, -0.25) is 4.90 Å². The van der Waals surface area contributed by atoms with Crippen LogP contribution in [-0.4, -0.2) is 73.0 Å². The van der Waals surface area contributed by atoms with Gasteiger partial charge in [0.1, 0.15) is 37.7 Å². The molecule has 1 fully saturated rings. The van der Waals surface area contributed by atoms with Crippen LogP contribution in [0.2, 0.25) is 25.7 Å². The van der Waals surface area contributed by atoms with Crippen molar-refractivity contribution in [3.05, 3.63) is 40.3 Å². The van der Waals surface area contributed by atoms with E-state index in [0.29, 0.717) is 25.1 Å². The molecule has 1 aromatic heterocycles. The Balaban J connectivity index is 2.10. The van der Waals surface area contributed by atoms with Crippen molar-refractivity contribution < 1.29 is 28.5 Å². The Kier molecular flexibility index (Phi) is 11.8. The highest BCUT2D eigenvalue weighted by molar-refractivity contribution is 9.10. The quantitative estimate of drug-likeness (QED) is 0.113. The van der Waals surface area contributed by atoms with E-state index in [2.05, 4.69) is 41.5 Å². The molecule has 3 rings (SSSR count). The second-order valence-electron chi connectivity index (χ2n) is 12.3. The van der Waals surface area contributed by atoms with E-state index < -0.39 is 25.8 Å². The Bertz CT molecular complexity index is 1210. The third-order valence-electron chi connectivity index (χ3n) is 6.45. The number of likely N-dealkylation sites (tertiary alicyclic amines) is 1. The van der Waals surface area contributed by atoms with E-state index >= 15 is 0 Å². The lowest BCUT2D eigenvalue weighted by Gasteiger charge is -2.28. The van der Waals surface area contributed by atoms with Crippen LogP contribution in [0.4, 0.5) is 4.79 Å². The van der Waals surface area contributed by atoms with Crippen molar-refractivity contribution in [1.82, 2.24) is 14.5 Å². The van der Waals surface area contributed by atoms with Crippen molar-refractivity contribution in [2.24, 2.45) is 0 Å². The summed E-state index contributed by atoms with van der Waals surface area (Å²) in [6, 6.07) is 8.40. The standard InChI is InChI=1S/C30H42BrN3O6Si/c1-8-14-37-20-26-27(22-9-11-23(31)12-10-22)32-28(34(26)21-38-16-17-41(5,6)7)25-18-24(39-15-13-35)19-33(25)29(36)40-30(2,3)4/h1,9-13,24-25H,14-21H2,2-7H3. The van der Waals surface area contributed by atoms with Gasteiger partial charge in [0, 0.05) is 31.1 Å². The largest absolute Gasteiger partial charge is 0.444 e. The first kappa shape index (κ1) is 33.0. The maximum Gasteiger partial charge on any atom is 0.411 e. The second kappa shape index (κ2) is 14.6. The predicted octanol–water partition coefficient (Wildman–Crippen LogP) is 6.04. The number of imidazole rings is 1. The van der Waals surface area contributed by atoms with Crippen LogP contribution < -0.4 is 0 Å². The number of aldehydes is 1. The van der Waals surface area contributed by atoms with Gasteiger partial charge >= 0.3 is 6.09 Å². The molecule has 1 saturated heterocycles. The van der Waals surface area contributed by atoms with Crippen molar-refractivity contribution in [3.63, 3.8) is 0 Å². The molecule has 2 heterocycles. The molecule has 1 aliphatic heterocycles. The molecule has 1 aliphatic rings. The van der Waals surface area contributed by atoms with Crippen LogP contribution in [-0.2, 0) is 37.1 Å². The molecule has 9 nitrogen and oxygen atoms in total. The average molecular weight is 649 g/mol. The lowest BCUT2D eigenvalue weighted by Crippen LogP contribution is -2.38. The van der Waals surface area contributed by atoms with Crippen LogP contribution in [0.5, 0.6) is 0 Å². The molecule has 0 saturated carbocycles. The number of amides is 1. The Labute approximate surface area is 253 Å². The highest BCUT2D eigenvalue weighted by Crippen LogP contribution is 2.38. The molecule has 224 valence electrons. The van der Waals surface area contributed by atoms with Crippen molar-refractivity contribution in [2.75, 3.05) is 26.4 Å². The van der Waals surface area contributed by atoms with Gasteiger partial charge in [0.05, 0.1) is 36.7 Å². The molecule has 2 aromatic rings. The first-order chi connectivity index (χ1) is 19.3. The number of rotatable bonds is 13. The number of nitrogens with zero attached hydrogens (tertiary/aromatic N) is 3. The first-order valence-corrected chi connectivity index (χ1v) is 18.3. The Hall–Kier alpha value is -2.49. The minimum absolute atomic E-state index is 0.0525. The number of carbonyl (C=O) groups is 2. The van der Waals surface area contributed by atoms with Crippen molar-refractivity contribution in [1.29, 1.82) is 0 Å². The zero-order chi connectivity index (χ0) is 30.2. The number of carbonyl (C=O) groups excluding carboxylic acids is 2. The van der Waals surface area contributed by atoms with Gasteiger partial charge in [-0.25, -0.2) is 9.78 Å². The number of terminal acetylenes is 1. The van der Waals surface area contributed by atoms with E-state index in [1.54, 1.807) is 4.90 Å². The molecule has 0 aliphatic carbocycles. The van der Waals surface area contributed by atoms with Gasteiger partial charge in [-0.15, -0.1) is 6.42 Å². The van der Waals surface area contributed by atoms with E-state index in [1.807, 2.05) is 49.6 Å². The molecule has 1 aromatic carbocycles. The molecular weight excluding hydrogens is 606 g/mol. The summed E-state index contributed by atoms with van der Waals surface area (Å²) in [5.74, 6) is 3.16. The third-order valence-corrected chi connectivity index (χ3v) is 8.68. The normalized spacial score (nSPS) is 17.5. The fraction of sp³-hybridized carbons (Fsp3) is 0.567. The summed E-state index contributed by atoms with van der Waals surface area (Å²) in [4.78, 5) is 31.2. The Morgan fingerprint density at radius 1 is 1.22 bits per heavy atom. The summed E-state index contributed by atoms with van der Waals surface area (Å²) in [6.07, 6.45) is 5.82. The van der Waals surface area contributed by atoms with E-state index in [9.17, 15) is 9.59 Å². The van der Waals surface area contributed by atoms with Gasteiger partial charge in [-0.05, 0) is 38.9 Å². The zero-order valence-corrected chi connectivity index (χ0v) is 27.5. The third kappa shape index (κ3) is 9.79. The molecule has 0 spiro atoms. The molecule has 2 atom stereocenters. The number of hydrogen-bond acceptors (Lipinski definition) is 7. The Morgan fingerprint density at radius 3 is 2.54 bits per heavy atom. The molecule has 0 radical (unpaired) electrons. The number of benzene rings is 1. The highest BCUT2D eigenvalue weighted by atomic mass is 79.9. The van der Waals surface area contributed by atoms with Crippen molar-refractivity contribution >= 4 is 36.4 Å². The summed E-state index contributed by atoms with van der Waals surface area (Å²) >= 11 is 3.51. The Morgan fingerprint density at radius 2 is 1.93 bits per heavy atom. The monoisotopic (exact) mass is 647 g/mol. The number of halogens is 1. The van der Waals surface area contributed by atoms with Gasteiger partial charge in [0.25, 0.3) is 0 Å². The molecule has 41 heavy (non-hydrogen) atoms. The van der Waals surface area contributed by atoms with Gasteiger partial charge in [0.2, 0.25) is 0 Å². The SMILES string of the molecule is C#CCOCc1c(-c2ccc(Br)cc2)nc(C2CC(OCC=O)CN2C(=O)OC(C)(C)C)n1COCC[Si](C)(C)C. The molecule has 11 heteroatoms. The van der Waals surface area contributed by atoms with Gasteiger partial charge in [0.15, 0.2) is 0 Å². The van der Waals surface area contributed by atoms with Crippen LogP contribution in [0.25, 0.3) is 11.3 Å². The van der Waals surface area contributed by atoms with Gasteiger partial charge in [-0.1, -0.05) is 53.6 Å². The molecule has 0 N–H and O–H groups in total. The minimum atomic E-state index is -1.31. The van der Waals surface area contributed by atoms with E-state index in [-0.39, 0.29) is 39.2 Å². The minimum Gasteiger partial charge on any atom is -0.444 e. The van der Waals surface area contributed by atoms with Gasteiger partial charge < -0.3 is 28.3 Å². The van der Waals surface area contributed by atoms with Crippen LogP contribution in [0.1, 0.15) is 44.8 Å². The highest BCUT2D eigenvalue weighted by Gasteiger charge is 2.42. The fourth-order valence-corrected chi connectivity index (χ4v) is 5.51. The van der Waals surface area contributed by atoms with Gasteiger partial charge in [-0.2, -0.15) is 0 Å².